The number of ether oxygens (including phenoxy) is 1. The van der Waals surface area contributed by atoms with Crippen molar-refractivity contribution in [2.75, 3.05) is 39.1 Å². The van der Waals surface area contributed by atoms with Crippen molar-refractivity contribution in [2.45, 2.75) is 20.3 Å². The molecule has 0 radical (unpaired) electrons. The van der Waals surface area contributed by atoms with Gasteiger partial charge >= 0.3 is 0 Å². The molecule has 0 bridgehead atoms. The van der Waals surface area contributed by atoms with E-state index in [2.05, 4.69) is 5.32 Å². The van der Waals surface area contributed by atoms with Gasteiger partial charge in [-0.2, -0.15) is 0 Å². The summed E-state index contributed by atoms with van der Waals surface area (Å²) in [5.74, 6) is 0.158. The first-order valence-corrected chi connectivity index (χ1v) is 8.76. The zero-order valence-corrected chi connectivity index (χ0v) is 15.8. The van der Waals surface area contributed by atoms with Crippen LogP contribution in [-0.2, 0) is 14.4 Å². The Morgan fingerprint density at radius 3 is 2.77 bits per heavy atom. The highest BCUT2D eigenvalue weighted by Crippen LogP contribution is 2.21. The molecular weight excluding hydrogens is 334 g/mol. The number of anilines is 1. The summed E-state index contributed by atoms with van der Waals surface area (Å²) in [4.78, 5) is 39.9. The molecule has 0 aromatic heterocycles. The fourth-order valence-corrected chi connectivity index (χ4v) is 3.06. The van der Waals surface area contributed by atoms with Crippen LogP contribution in [0.3, 0.4) is 0 Å². The zero-order chi connectivity index (χ0) is 19.3. The molecule has 1 atom stereocenters. The molecule has 1 unspecified atom stereocenters. The van der Waals surface area contributed by atoms with E-state index in [4.69, 9.17) is 4.74 Å². The molecule has 1 aromatic carbocycles. The predicted molar refractivity (Wildman–Crippen MR) is 98.8 cm³/mol. The molecule has 0 spiro atoms. The van der Waals surface area contributed by atoms with E-state index in [1.54, 1.807) is 43.3 Å². The number of likely N-dealkylation sites (N-methyl/N-ethyl adjacent to an activating group) is 1. The number of hydrogen-bond donors (Lipinski definition) is 1. The summed E-state index contributed by atoms with van der Waals surface area (Å²) in [6.45, 7) is 5.10. The average Bonchev–Trinajstić information content (AvgIpc) is 2.94. The summed E-state index contributed by atoms with van der Waals surface area (Å²) in [6.07, 6.45) is 0.216. The highest BCUT2D eigenvalue weighted by atomic mass is 16.5. The fraction of sp³-hybridized carbons (Fsp3) is 0.526. The average molecular weight is 361 g/mol. The molecule has 1 fully saturated rings. The standard InChI is InChI=1S/C19H27N3O4/c1-13(2)10-22-11-14(8-18(22)24)19(25)21(3)12-17(23)20-15-6-5-7-16(9-15)26-4/h5-7,9,13-14H,8,10-12H2,1-4H3,(H,20,23). The first-order chi connectivity index (χ1) is 12.3. The van der Waals surface area contributed by atoms with Gasteiger partial charge in [-0.3, -0.25) is 14.4 Å². The smallest absolute Gasteiger partial charge is 0.243 e. The minimum atomic E-state index is -0.379. The van der Waals surface area contributed by atoms with Crippen LogP contribution < -0.4 is 10.1 Å². The molecule has 0 aliphatic carbocycles. The Morgan fingerprint density at radius 1 is 1.38 bits per heavy atom. The van der Waals surface area contributed by atoms with Crippen LogP contribution in [0.5, 0.6) is 5.75 Å². The molecule has 0 saturated carbocycles. The Kier molecular flexibility index (Phi) is 6.60. The van der Waals surface area contributed by atoms with E-state index in [1.165, 1.54) is 4.90 Å². The van der Waals surface area contributed by atoms with Crippen LogP contribution in [-0.4, -0.2) is 61.3 Å². The SMILES string of the molecule is COc1cccc(NC(=O)CN(C)C(=O)C2CC(=O)N(CC(C)C)C2)c1. The highest BCUT2D eigenvalue weighted by Gasteiger charge is 2.36. The third kappa shape index (κ3) is 5.21. The molecule has 7 heteroatoms. The lowest BCUT2D eigenvalue weighted by molar-refractivity contribution is -0.137. The van der Waals surface area contributed by atoms with E-state index >= 15 is 0 Å². The lowest BCUT2D eigenvalue weighted by atomic mass is 10.1. The second-order valence-electron chi connectivity index (χ2n) is 7.07. The van der Waals surface area contributed by atoms with Crippen molar-refractivity contribution in [3.63, 3.8) is 0 Å². The molecule has 1 aliphatic rings. The predicted octanol–water partition coefficient (Wildman–Crippen LogP) is 1.60. The Balaban J connectivity index is 1.88. The van der Waals surface area contributed by atoms with Crippen molar-refractivity contribution in [2.24, 2.45) is 11.8 Å². The van der Waals surface area contributed by atoms with Crippen LogP contribution in [0.25, 0.3) is 0 Å². The number of methoxy groups -OCH3 is 1. The second kappa shape index (κ2) is 8.69. The summed E-state index contributed by atoms with van der Waals surface area (Å²) < 4.78 is 5.12. The minimum absolute atomic E-state index is 0.00582. The maximum atomic E-state index is 12.6. The monoisotopic (exact) mass is 361 g/mol. The quantitative estimate of drug-likeness (QED) is 0.800. The maximum Gasteiger partial charge on any atom is 0.243 e. The van der Waals surface area contributed by atoms with Gasteiger partial charge in [0, 0.05) is 38.3 Å². The first-order valence-electron chi connectivity index (χ1n) is 8.76. The Hall–Kier alpha value is -2.57. The Labute approximate surface area is 154 Å². The van der Waals surface area contributed by atoms with E-state index in [0.717, 1.165) is 0 Å². The van der Waals surface area contributed by atoms with Crippen LogP contribution in [0.1, 0.15) is 20.3 Å². The van der Waals surface area contributed by atoms with Crippen molar-refractivity contribution in [3.05, 3.63) is 24.3 Å². The van der Waals surface area contributed by atoms with Crippen LogP contribution in [0.4, 0.5) is 5.69 Å². The van der Waals surface area contributed by atoms with Gasteiger partial charge in [0.1, 0.15) is 5.75 Å². The fourth-order valence-electron chi connectivity index (χ4n) is 3.06. The van der Waals surface area contributed by atoms with Crippen molar-refractivity contribution < 1.29 is 19.1 Å². The van der Waals surface area contributed by atoms with Gasteiger partial charge in [0.25, 0.3) is 0 Å². The molecule has 142 valence electrons. The normalized spacial score (nSPS) is 16.7. The topological polar surface area (TPSA) is 79.0 Å². The summed E-state index contributed by atoms with van der Waals surface area (Å²) in [5.41, 5.74) is 0.606. The Morgan fingerprint density at radius 2 is 2.12 bits per heavy atom. The van der Waals surface area contributed by atoms with Gasteiger partial charge in [0.05, 0.1) is 19.6 Å². The van der Waals surface area contributed by atoms with E-state index in [0.29, 0.717) is 30.4 Å². The Bertz CT molecular complexity index is 675. The number of nitrogens with zero attached hydrogens (tertiary/aromatic N) is 2. The molecule has 2 rings (SSSR count). The minimum Gasteiger partial charge on any atom is -0.497 e. The van der Waals surface area contributed by atoms with Gasteiger partial charge in [-0.05, 0) is 18.1 Å². The van der Waals surface area contributed by atoms with Gasteiger partial charge in [-0.15, -0.1) is 0 Å². The number of benzene rings is 1. The molecule has 3 amide bonds. The third-order valence-corrected chi connectivity index (χ3v) is 4.26. The molecular formula is C19H27N3O4. The van der Waals surface area contributed by atoms with Crippen molar-refractivity contribution in [1.29, 1.82) is 0 Å². The van der Waals surface area contributed by atoms with E-state index < -0.39 is 0 Å². The first kappa shape index (κ1) is 19.8. The van der Waals surface area contributed by atoms with Gasteiger partial charge in [0.15, 0.2) is 0 Å². The largest absolute Gasteiger partial charge is 0.497 e. The van der Waals surface area contributed by atoms with Gasteiger partial charge in [0.2, 0.25) is 17.7 Å². The third-order valence-electron chi connectivity index (χ3n) is 4.26. The van der Waals surface area contributed by atoms with Crippen LogP contribution >= 0.6 is 0 Å². The molecule has 7 nitrogen and oxygen atoms in total. The van der Waals surface area contributed by atoms with Crippen LogP contribution in [0, 0.1) is 11.8 Å². The highest BCUT2D eigenvalue weighted by molar-refractivity contribution is 5.96. The van der Waals surface area contributed by atoms with Gasteiger partial charge in [-0.25, -0.2) is 0 Å². The molecule has 1 N–H and O–H groups in total. The summed E-state index contributed by atoms with van der Waals surface area (Å²) in [7, 11) is 3.14. The number of rotatable bonds is 7. The number of likely N-dealkylation sites (tertiary alicyclic amines) is 1. The molecule has 1 aromatic rings. The van der Waals surface area contributed by atoms with E-state index in [1.807, 2.05) is 13.8 Å². The second-order valence-corrected chi connectivity index (χ2v) is 7.07. The molecule has 1 heterocycles. The van der Waals surface area contributed by atoms with E-state index in [9.17, 15) is 14.4 Å². The number of carbonyl (C=O) groups is 3. The number of amides is 3. The molecule has 1 aliphatic heterocycles. The van der Waals surface area contributed by atoms with Gasteiger partial charge in [-0.1, -0.05) is 19.9 Å². The van der Waals surface area contributed by atoms with Crippen LogP contribution in [0.2, 0.25) is 0 Å². The molecule has 26 heavy (non-hydrogen) atoms. The summed E-state index contributed by atoms with van der Waals surface area (Å²) >= 11 is 0. The zero-order valence-electron chi connectivity index (χ0n) is 15.8. The summed E-state index contributed by atoms with van der Waals surface area (Å²) in [6, 6.07) is 7.02. The number of nitrogens with one attached hydrogen (secondary N) is 1. The van der Waals surface area contributed by atoms with Crippen LogP contribution in [0.15, 0.2) is 24.3 Å². The number of carbonyl (C=O) groups excluding carboxylic acids is 3. The van der Waals surface area contributed by atoms with Crippen molar-refractivity contribution >= 4 is 23.4 Å². The summed E-state index contributed by atoms with van der Waals surface area (Å²) in [5, 5.41) is 2.75. The maximum absolute atomic E-state index is 12.6. The lowest BCUT2D eigenvalue weighted by Crippen LogP contribution is -2.39. The lowest BCUT2D eigenvalue weighted by Gasteiger charge is -2.22. The van der Waals surface area contributed by atoms with Crippen molar-refractivity contribution in [1.82, 2.24) is 9.80 Å². The van der Waals surface area contributed by atoms with Crippen molar-refractivity contribution in [3.8, 4) is 5.75 Å². The van der Waals surface area contributed by atoms with E-state index in [-0.39, 0.29) is 36.6 Å². The number of hydrogen-bond acceptors (Lipinski definition) is 4. The molecule has 1 saturated heterocycles. The van der Waals surface area contributed by atoms with Gasteiger partial charge < -0.3 is 19.9 Å².